The molecule has 0 radical (unpaired) electrons. The molecule has 0 bridgehead atoms. The Balaban J connectivity index is 2.34. The molecule has 0 spiro atoms. The van der Waals surface area contributed by atoms with E-state index in [1.54, 1.807) is 32.2 Å². The summed E-state index contributed by atoms with van der Waals surface area (Å²) in [6.07, 6.45) is -2.27. The zero-order valence-corrected chi connectivity index (χ0v) is 14.9. The highest BCUT2D eigenvalue weighted by Crippen LogP contribution is 2.29. The monoisotopic (exact) mass is 381 g/mol. The number of hydrogen-bond donors (Lipinski definition) is 0. The van der Waals surface area contributed by atoms with E-state index in [1.807, 2.05) is 0 Å². The number of aryl methyl sites for hydroxylation is 1. The molecule has 0 aliphatic heterocycles. The molecule has 2 aromatic rings. The summed E-state index contributed by atoms with van der Waals surface area (Å²) < 4.78 is 42.5. The largest absolute Gasteiger partial charge is 0.462 e. The number of halogens is 3. The number of ether oxygens (including phenoxy) is 1. The molecule has 6 nitrogen and oxygen atoms in total. The van der Waals surface area contributed by atoms with Gasteiger partial charge < -0.3 is 9.64 Å². The van der Waals surface area contributed by atoms with Gasteiger partial charge in [0.1, 0.15) is 0 Å². The van der Waals surface area contributed by atoms with Gasteiger partial charge in [0.05, 0.1) is 36.6 Å². The van der Waals surface area contributed by atoms with Crippen LogP contribution in [0.1, 0.15) is 35.5 Å². The first-order chi connectivity index (χ1) is 12.6. The van der Waals surface area contributed by atoms with E-state index < -0.39 is 29.7 Å². The van der Waals surface area contributed by atoms with Crippen LogP contribution in [0.15, 0.2) is 36.7 Å². The average molecular weight is 381 g/mol. The number of rotatable bonds is 4. The van der Waals surface area contributed by atoms with Gasteiger partial charge in [0.15, 0.2) is 0 Å². The number of pyridine rings is 2. The summed E-state index contributed by atoms with van der Waals surface area (Å²) in [5.74, 6) is -2.01. The number of carbonyl (C=O) groups excluding carboxylic acids is 2. The first-order valence-electron chi connectivity index (χ1n) is 7.97. The second-order valence-electron chi connectivity index (χ2n) is 5.84. The number of nitrogens with zero attached hydrogens (tertiary/aromatic N) is 3. The minimum atomic E-state index is -4.51. The predicted octanol–water partition coefficient (Wildman–Crippen LogP) is 3.07. The van der Waals surface area contributed by atoms with Crippen molar-refractivity contribution in [2.24, 2.45) is 0 Å². The fourth-order valence-corrected chi connectivity index (χ4v) is 2.53. The molecule has 0 saturated heterocycles. The molecule has 2 heterocycles. The zero-order valence-electron chi connectivity index (χ0n) is 14.9. The number of carbonyl (C=O) groups is 2. The maximum atomic E-state index is 12.7. The van der Waals surface area contributed by atoms with Crippen LogP contribution in [-0.4, -0.2) is 33.9 Å². The molecule has 1 atom stereocenters. The van der Waals surface area contributed by atoms with Crippen molar-refractivity contribution in [2.75, 3.05) is 7.11 Å². The van der Waals surface area contributed by atoms with E-state index in [0.29, 0.717) is 11.9 Å². The van der Waals surface area contributed by atoms with Crippen molar-refractivity contribution in [1.29, 1.82) is 0 Å². The van der Waals surface area contributed by atoms with Crippen molar-refractivity contribution in [3.63, 3.8) is 0 Å². The fourth-order valence-electron chi connectivity index (χ4n) is 2.53. The molecule has 0 aliphatic rings. The molecule has 1 amide bonds. The van der Waals surface area contributed by atoms with Crippen LogP contribution in [0.3, 0.4) is 0 Å². The Labute approximate surface area is 154 Å². The fraction of sp³-hybridized carbons (Fsp3) is 0.333. The summed E-state index contributed by atoms with van der Waals surface area (Å²) in [6.45, 7) is 3.29. The van der Waals surface area contributed by atoms with Crippen LogP contribution in [-0.2, 0) is 27.0 Å². The number of esters is 1. The lowest BCUT2D eigenvalue weighted by Crippen LogP contribution is -2.39. The molecule has 1 unspecified atom stereocenters. The highest BCUT2D eigenvalue weighted by atomic mass is 19.4. The van der Waals surface area contributed by atoms with Gasteiger partial charge in [0.2, 0.25) is 0 Å². The molecular formula is C18H18F3N3O3. The SMILES string of the molecule is COC(=O)C(=O)N(Cc1ccc(C(F)(F)F)cn1)C(C)c1ncccc1C. The van der Waals surface area contributed by atoms with Crippen molar-refractivity contribution < 1.29 is 27.5 Å². The van der Waals surface area contributed by atoms with Gasteiger partial charge in [0, 0.05) is 12.4 Å². The predicted molar refractivity (Wildman–Crippen MR) is 89.2 cm³/mol. The molecule has 9 heteroatoms. The second-order valence-corrected chi connectivity index (χ2v) is 5.84. The van der Waals surface area contributed by atoms with Gasteiger partial charge in [-0.05, 0) is 37.6 Å². The van der Waals surface area contributed by atoms with E-state index in [9.17, 15) is 22.8 Å². The maximum Gasteiger partial charge on any atom is 0.417 e. The molecule has 2 rings (SSSR count). The molecule has 0 aliphatic carbocycles. The first-order valence-corrected chi connectivity index (χ1v) is 7.97. The van der Waals surface area contributed by atoms with Crippen LogP contribution in [0, 0.1) is 6.92 Å². The van der Waals surface area contributed by atoms with Crippen LogP contribution in [0.25, 0.3) is 0 Å². The van der Waals surface area contributed by atoms with Crippen LogP contribution in [0.2, 0.25) is 0 Å². The molecule has 144 valence electrons. The van der Waals surface area contributed by atoms with E-state index in [1.165, 1.54) is 6.07 Å². The van der Waals surface area contributed by atoms with Crippen LogP contribution >= 0.6 is 0 Å². The van der Waals surface area contributed by atoms with Crippen LogP contribution in [0.5, 0.6) is 0 Å². The Morgan fingerprint density at radius 1 is 1.22 bits per heavy atom. The van der Waals surface area contributed by atoms with Gasteiger partial charge in [-0.2, -0.15) is 13.2 Å². The molecule has 2 aromatic heterocycles. The van der Waals surface area contributed by atoms with Crippen LogP contribution < -0.4 is 0 Å². The van der Waals surface area contributed by atoms with E-state index in [4.69, 9.17) is 0 Å². The van der Waals surface area contributed by atoms with Gasteiger partial charge in [-0.25, -0.2) is 4.79 Å². The second kappa shape index (κ2) is 8.15. The van der Waals surface area contributed by atoms with Gasteiger partial charge in [-0.1, -0.05) is 6.07 Å². The number of hydrogen-bond acceptors (Lipinski definition) is 5. The minimum Gasteiger partial charge on any atom is -0.462 e. The van der Waals surface area contributed by atoms with Crippen molar-refractivity contribution in [1.82, 2.24) is 14.9 Å². The smallest absolute Gasteiger partial charge is 0.417 e. The summed E-state index contributed by atoms with van der Waals surface area (Å²) in [6, 6.07) is 4.95. The summed E-state index contributed by atoms with van der Waals surface area (Å²) in [5.41, 5.74) is 0.654. The normalized spacial score (nSPS) is 12.4. The van der Waals surface area contributed by atoms with Crippen molar-refractivity contribution in [3.8, 4) is 0 Å². The average Bonchev–Trinajstić information content (AvgIpc) is 2.64. The summed E-state index contributed by atoms with van der Waals surface area (Å²) in [4.78, 5) is 33.4. The molecule has 0 saturated carbocycles. The Bertz CT molecular complexity index is 823. The lowest BCUT2D eigenvalue weighted by molar-refractivity contribution is -0.159. The molecule has 0 fully saturated rings. The summed E-state index contributed by atoms with van der Waals surface area (Å²) in [5, 5.41) is 0. The number of amides is 1. The highest BCUT2D eigenvalue weighted by Gasteiger charge is 2.32. The number of alkyl halides is 3. The third-order valence-electron chi connectivity index (χ3n) is 4.02. The minimum absolute atomic E-state index is 0.177. The van der Waals surface area contributed by atoms with Gasteiger partial charge in [0.25, 0.3) is 0 Å². The molecular weight excluding hydrogens is 363 g/mol. The summed E-state index contributed by atoms with van der Waals surface area (Å²) in [7, 11) is 1.07. The zero-order chi connectivity index (χ0) is 20.2. The lowest BCUT2D eigenvalue weighted by Gasteiger charge is -2.28. The highest BCUT2D eigenvalue weighted by molar-refractivity contribution is 6.32. The van der Waals surface area contributed by atoms with E-state index in [-0.39, 0.29) is 12.2 Å². The lowest BCUT2D eigenvalue weighted by atomic mass is 10.1. The van der Waals surface area contributed by atoms with Gasteiger partial charge in [-0.15, -0.1) is 0 Å². The standard InChI is InChI=1S/C18H18F3N3O3/c1-11-5-4-8-22-15(11)12(2)24(16(25)17(26)27-3)10-14-7-6-13(9-23-14)18(19,20)21/h4-9,12H,10H2,1-3H3. The quantitative estimate of drug-likeness (QED) is 0.601. The third kappa shape index (κ3) is 4.81. The van der Waals surface area contributed by atoms with E-state index in [2.05, 4.69) is 14.7 Å². The number of aromatic nitrogens is 2. The Morgan fingerprint density at radius 3 is 2.44 bits per heavy atom. The van der Waals surface area contributed by atoms with E-state index >= 15 is 0 Å². The Hall–Kier alpha value is -2.97. The Kier molecular flexibility index (Phi) is 6.14. The number of methoxy groups -OCH3 is 1. The topological polar surface area (TPSA) is 72.4 Å². The molecule has 0 N–H and O–H groups in total. The van der Waals surface area contributed by atoms with Crippen LogP contribution in [0.4, 0.5) is 13.2 Å². The summed E-state index contributed by atoms with van der Waals surface area (Å²) >= 11 is 0. The van der Waals surface area contributed by atoms with Crippen molar-refractivity contribution >= 4 is 11.9 Å². The molecule has 0 aromatic carbocycles. The first kappa shape index (κ1) is 20.3. The van der Waals surface area contributed by atoms with Gasteiger partial charge in [-0.3, -0.25) is 14.8 Å². The molecule has 27 heavy (non-hydrogen) atoms. The van der Waals surface area contributed by atoms with Gasteiger partial charge >= 0.3 is 18.1 Å². The van der Waals surface area contributed by atoms with Crippen molar-refractivity contribution in [2.45, 2.75) is 32.6 Å². The third-order valence-corrected chi connectivity index (χ3v) is 4.02. The van der Waals surface area contributed by atoms with Crippen molar-refractivity contribution in [3.05, 3.63) is 59.2 Å². The maximum absolute atomic E-state index is 12.7. The van der Waals surface area contributed by atoms with E-state index in [0.717, 1.165) is 23.6 Å². The Morgan fingerprint density at radius 2 is 1.93 bits per heavy atom.